The maximum atomic E-state index is 2.61. The zero-order valence-electron chi connectivity index (χ0n) is 96.1. The van der Waals surface area contributed by atoms with E-state index in [1.807, 2.05) is 0 Å². The summed E-state index contributed by atoms with van der Waals surface area (Å²) in [6.07, 6.45) is 0. The molecule has 18 rings (SSSR count). The van der Waals surface area contributed by atoms with Crippen molar-refractivity contribution in [1.82, 2.24) is 23.4 Å². The molecule has 5 aromatic heterocycles. The molecule has 0 fully saturated rings. The Labute approximate surface area is 848 Å². The van der Waals surface area contributed by atoms with Crippen LogP contribution in [0, 0.1) is 48.5 Å². The van der Waals surface area contributed by atoms with E-state index in [1.165, 1.54) is 186 Å². The van der Waals surface area contributed by atoms with Crippen LogP contribution in [-0.2, 0) is 54.1 Å². The Bertz CT molecular complexity index is 6530. The van der Waals surface area contributed by atoms with Crippen LogP contribution in [-0.4, -0.2) is 23.4 Å². The van der Waals surface area contributed by atoms with Crippen LogP contribution in [0.1, 0.15) is 460 Å². The predicted octanol–water partition coefficient (Wildman–Crippen LogP) is 32.3. The summed E-state index contributed by atoms with van der Waals surface area (Å²) in [6.45, 7) is 110. The molecule has 0 saturated carbocycles. The van der Waals surface area contributed by atoms with Crippen molar-refractivity contribution >= 4 is 0 Å². The van der Waals surface area contributed by atoms with Gasteiger partial charge in [0.25, 0.3) is 0 Å². The highest BCUT2D eigenvalue weighted by Crippen LogP contribution is 2.59. The van der Waals surface area contributed by atoms with Gasteiger partial charge in [-0.1, -0.05) is 332 Å². The minimum Gasteiger partial charge on any atom is -0.150 e. The molecule has 0 amide bonds. The number of para-hydroxylation sites is 5. The molecular formula is C130H181N10+5. The van der Waals surface area contributed by atoms with Crippen LogP contribution in [0.25, 0.3) is 61.8 Å². The highest BCUT2D eigenvalue weighted by Gasteiger charge is 2.63. The first-order valence-electron chi connectivity index (χ1n) is 53.6. The Hall–Kier alpha value is -10.2. The SMILES string of the molecule is Cc1c(-c2ccccc2)c2[n+](n1C(C)C)-c1c(C(C)C)cccc1C(C)(C)C2(C)C.Cc1c(-c2ccccc2)c2[n+](n1C(C)C)-c1c(C(C)C)cccc1C(C)(C)C2(C)C.Cc1cc2[n+](n1C(C)C)-c1c(C(C)C)cccc1C(C)(C)C2(C)C.Cc1cc2[n+](n1C(C)C)-c1c(C(C)C)cccc1C(C)(C)C2(C)C.Cc1cccc(C)c1-c1c(C)n(C(C)C)[n+]2c1C(C)(C)C(C)(C)c1cccc(C(C)C)c1-2. The number of aromatic nitrogens is 10. The van der Waals surface area contributed by atoms with E-state index in [4.69, 9.17) is 0 Å². The van der Waals surface area contributed by atoms with Gasteiger partial charge in [-0.25, -0.2) is 0 Å². The summed E-state index contributed by atoms with van der Waals surface area (Å²) < 4.78 is 25.4. The summed E-state index contributed by atoms with van der Waals surface area (Å²) in [7, 11) is 0. The van der Waals surface area contributed by atoms with Crippen LogP contribution < -0.4 is 23.4 Å². The summed E-state index contributed by atoms with van der Waals surface area (Å²) in [5.41, 5.74) is 46.6. The molecular weight excluding hydrogens is 1700 g/mol. The van der Waals surface area contributed by atoms with Gasteiger partial charge in [0.05, 0.1) is 102 Å². The molecule has 13 aromatic rings. The molecule has 0 atom stereocenters. The van der Waals surface area contributed by atoms with E-state index in [9.17, 15) is 0 Å². The van der Waals surface area contributed by atoms with Gasteiger partial charge in [0.15, 0.2) is 0 Å². The van der Waals surface area contributed by atoms with Crippen molar-refractivity contribution in [1.29, 1.82) is 0 Å². The lowest BCUT2D eigenvalue weighted by Gasteiger charge is -2.43. The average molecular weight is 1880 g/mol. The van der Waals surface area contributed by atoms with Gasteiger partial charge in [-0.15, -0.1) is 23.4 Å². The smallest absolute Gasteiger partial charge is 0.150 e. The number of fused-ring (bicyclic) bond motifs is 15. The minimum absolute atomic E-state index is 0.00578. The lowest BCUT2D eigenvalue weighted by Crippen LogP contribution is -2.59. The number of hydrogen-bond donors (Lipinski definition) is 0. The van der Waals surface area contributed by atoms with Gasteiger partial charge in [-0.3, -0.25) is 0 Å². The topological polar surface area (TPSA) is 44.0 Å². The van der Waals surface area contributed by atoms with Crippen molar-refractivity contribution in [2.75, 3.05) is 0 Å². The third-order valence-corrected chi connectivity index (χ3v) is 36.5. The monoisotopic (exact) mass is 1880 g/mol. The van der Waals surface area contributed by atoms with Crippen LogP contribution in [0.5, 0.6) is 0 Å². The van der Waals surface area contributed by atoms with Crippen molar-refractivity contribution in [3.8, 4) is 61.8 Å². The fourth-order valence-electron chi connectivity index (χ4n) is 25.5. The van der Waals surface area contributed by atoms with Crippen LogP contribution in [0.4, 0.5) is 0 Å². The lowest BCUT2D eigenvalue weighted by atomic mass is 9.59. The average Bonchev–Trinajstić information content (AvgIpc) is 1.39. The van der Waals surface area contributed by atoms with Crippen LogP contribution in [0.15, 0.2) is 182 Å². The molecule has 0 spiro atoms. The molecule has 0 bridgehead atoms. The van der Waals surface area contributed by atoms with Gasteiger partial charge >= 0.3 is 0 Å². The minimum atomic E-state index is -0.0510. The molecule has 746 valence electrons. The quantitative estimate of drug-likeness (QED) is 0.103. The second-order valence-electron chi connectivity index (χ2n) is 50.8. The highest BCUT2D eigenvalue weighted by atomic mass is 15.5. The van der Waals surface area contributed by atoms with Crippen molar-refractivity contribution in [2.24, 2.45) is 0 Å². The summed E-state index contributed by atoms with van der Waals surface area (Å²) in [5, 5.41) is 0. The third kappa shape index (κ3) is 16.0. The molecule has 0 unspecified atom stereocenters. The Morgan fingerprint density at radius 2 is 0.407 bits per heavy atom. The first kappa shape index (κ1) is 106. The molecule has 5 aliphatic rings. The fourth-order valence-corrected chi connectivity index (χ4v) is 25.5. The molecule has 0 N–H and O–H groups in total. The van der Waals surface area contributed by atoms with Crippen molar-refractivity contribution in [2.45, 2.75) is 439 Å². The zero-order chi connectivity index (χ0) is 104. The number of hydrogen-bond acceptors (Lipinski definition) is 0. The molecule has 140 heavy (non-hydrogen) atoms. The Kier molecular flexibility index (Phi) is 27.8. The standard InChI is InChI=1S/C30H41N2.2C28H37N2.2C22H33N2/c1-18(2)23-16-13-17-24-27(23)32-28(30(10,11)29(24,8)9)26(22(7)31(32)19(3)4)25-20(5)14-12-15-21(25)6;2*1-18(2)22-16-13-17-23-25(22)30-26(28(8,9)27(23,6)7)24(20(5)29(30)19(3)4)21-14-11-10-12-15-21;2*1-14(2)17-11-10-12-18-20(17)24-19(22(8,9)21(18,6)7)13-16(5)23(24)15(3)4/h12-19H,1-11H3;2*10-19H,1-9H3;2*10-15H,1-9H3/q5*+1. The molecule has 5 aliphatic heterocycles. The number of aryl methyl sites for hydroxylation is 4. The summed E-state index contributed by atoms with van der Waals surface area (Å²) in [4.78, 5) is 0. The van der Waals surface area contributed by atoms with Crippen molar-refractivity contribution < 1.29 is 23.4 Å². The van der Waals surface area contributed by atoms with Crippen LogP contribution in [0.3, 0.4) is 0 Å². The Balaban J connectivity index is 0.000000140. The van der Waals surface area contributed by atoms with Gasteiger partial charge < -0.3 is 0 Å². The van der Waals surface area contributed by atoms with Crippen LogP contribution in [0.2, 0.25) is 0 Å². The molecule has 10 heterocycles. The summed E-state index contributed by atoms with van der Waals surface area (Å²) >= 11 is 0. The van der Waals surface area contributed by atoms with E-state index >= 15 is 0 Å². The predicted molar refractivity (Wildman–Crippen MR) is 592 cm³/mol. The second kappa shape index (κ2) is 36.9. The van der Waals surface area contributed by atoms with Gasteiger partial charge in [0.1, 0.15) is 0 Å². The molecule has 0 aliphatic carbocycles. The van der Waals surface area contributed by atoms with Crippen molar-refractivity contribution in [3.05, 3.63) is 306 Å². The number of rotatable bonds is 13. The van der Waals surface area contributed by atoms with Crippen LogP contribution >= 0.6 is 0 Å². The maximum absolute atomic E-state index is 2.61. The second-order valence-corrected chi connectivity index (χ2v) is 50.8. The number of nitrogens with zero attached hydrogens (tertiary/aromatic N) is 10. The van der Waals surface area contributed by atoms with Gasteiger partial charge in [-0.2, -0.15) is 0 Å². The maximum Gasteiger partial charge on any atom is 0.243 e. The highest BCUT2D eigenvalue weighted by molar-refractivity contribution is 5.77. The molecule has 10 heteroatoms. The lowest BCUT2D eigenvalue weighted by molar-refractivity contribution is -0.703. The molecule has 0 saturated heterocycles. The van der Waals surface area contributed by atoms with Crippen molar-refractivity contribution in [3.63, 3.8) is 0 Å². The van der Waals surface area contributed by atoms with E-state index in [0.717, 1.165) is 0 Å². The van der Waals surface area contributed by atoms with E-state index in [0.29, 0.717) is 59.8 Å². The first-order valence-corrected chi connectivity index (χ1v) is 53.6. The van der Waals surface area contributed by atoms with E-state index in [1.54, 1.807) is 0 Å². The molecule has 8 aromatic carbocycles. The first-order chi connectivity index (χ1) is 64.9. The Morgan fingerprint density at radius 3 is 0.636 bits per heavy atom. The van der Waals surface area contributed by atoms with Gasteiger partial charge in [0.2, 0.25) is 56.9 Å². The summed E-state index contributed by atoms with van der Waals surface area (Å²) in [5.74, 6) is 2.41. The van der Waals surface area contributed by atoms with E-state index in [2.05, 4.69) is 554 Å². The zero-order valence-corrected chi connectivity index (χ0v) is 96.1. The molecule has 10 nitrogen and oxygen atoms in total. The van der Waals surface area contributed by atoms with E-state index < -0.39 is 0 Å². The number of benzene rings is 8. The largest absolute Gasteiger partial charge is 0.243 e. The third-order valence-electron chi connectivity index (χ3n) is 36.5. The van der Waals surface area contributed by atoms with Gasteiger partial charge in [-0.05, 0) is 244 Å². The molecule has 0 radical (unpaired) electrons. The summed E-state index contributed by atoms with van der Waals surface area (Å²) in [6, 6.07) is 70.0. The van der Waals surface area contributed by atoms with Gasteiger partial charge in [0, 0.05) is 94.8 Å². The fraction of sp³-hybridized carbons (Fsp3) is 0.515. The Morgan fingerprint density at radius 1 is 0.200 bits per heavy atom. The van der Waals surface area contributed by atoms with E-state index in [-0.39, 0.29) is 54.1 Å². The normalized spacial score (nSPS) is 17.0.